The molecule has 0 aromatic rings. The highest BCUT2D eigenvalue weighted by Crippen LogP contribution is 2.32. The summed E-state index contributed by atoms with van der Waals surface area (Å²) < 4.78 is 0. The third-order valence-corrected chi connectivity index (χ3v) is 2.51. The molecular weight excluding hydrogens is 128 g/mol. The Hall–Kier alpha value is -0.570. The van der Waals surface area contributed by atoms with Gasteiger partial charge in [-0.2, -0.15) is 0 Å². The van der Waals surface area contributed by atoms with E-state index < -0.39 is 0 Å². The quantitative estimate of drug-likeness (QED) is 0.475. The third-order valence-electron chi connectivity index (χ3n) is 2.51. The molecule has 2 aliphatic rings. The highest BCUT2D eigenvalue weighted by molar-refractivity contribution is 5.77. The number of piperidine rings is 1. The molecule has 1 amide bonds. The topological polar surface area (TPSA) is 41.1 Å². The zero-order valence-corrected chi connectivity index (χ0v) is 5.94. The average molecular weight is 140 g/mol. The maximum Gasteiger partial charge on any atom is 0.220 e. The SMILES string of the molecule is O=C1CC2(CCN1)CNC2. The number of hydrogen-bond acceptors (Lipinski definition) is 2. The van der Waals surface area contributed by atoms with E-state index in [0.717, 1.165) is 32.5 Å². The van der Waals surface area contributed by atoms with Gasteiger partial charge in [-0.3, -0.25) is 4.79 Å². The molecule has 1 spiro atoms. The van der Waals surface area contributed by atoms with Crippen molar-refractivity contribution in [3.63, 3.8) is 0 Å². The number of hydrogen-bond donors (Lipinski definition) is 2. The van der Waals surface area contributed by atoms with Crippen molar-refractivity contribution in [1.82, 2.24) is 10.6 Å². The number of nitrogens with one attached hydrogen (secondary N) is 2. The Balaban J connectivity index is 2.02. The highest BCUT2D eigenvalue weighted by Gasteiger charge is 2.40. The second kappa shape index (κ2) is 1.95. The van der Waals surface area contributed by atoms with Crippen molar-refractivity contribution < 1.29 is 4.79 Å². The van der Waals surface area contributed by atoms with Crippen molar-refractivity contribution in [2.75, 3.05) is 19.6 Å². The Bertz CT molecular complexity index is 163. The zero-order valence-electron chi connectivity index (χ0n) is 5.94. The molecule has 0 radical (unpaired) electrons. The molecule has 0 atom stereocenters. The molecule has 10 heavy (non-hydrogen) atoms. The average Bonchev–Trinajstić information content (AvgIpc) is 1.85. The summed E-state index contributed by atoms with van der Waals surface area (Å²) in [5.41, 5.74) is 0.350. The van der Waals surface area contributed by atoms with Crippen LogP contribution in [0.3, 0.4) is 0 Å². The fraction of sp³-hybridized carbons (Fsp3) is 0.857. The van der Waals surface area contributed by atoms with Crippen LogP contribution in [0.4, 0.5) is 0 Å². The minimum absolute atomic E-state index is 0.229. The molecular formula is C7H12N2O. The van der Waals surface area contributed by atoms with Gasteiger partial charge in [0.1, 0.15) is 0 Å². The molecule has 2 N–H and O–H groups in total. The minimum Gasteiger partial charge on any atom is -0.356 e. The van der Waals surface area contributed by atoms with Gasteiger partial charge in [0.2, 0.25) is 5.91 Å². The first kappa shape index (κ1) is 6.16. The standard InChI is InChI=1S/C7H12N2O/c10-6-3-7(1-2-9-6)4-8-5-7/h8H,1-5H2,(H,9,10). The van der Waals surface area contributed by atoms with Crippen molar-refractivity contribution in [3.05, 3.63) is 0 Å². The molecule has 0 unspecified atom stereocenters. The molecule has 56 valence electrons. The summed E-state index contributed by atoms with van der Waals surface area (Å²) in [6.45, 7) is 2.96. The van der Waals surface area contributed by atoms with Crippen LogP contribution < -0.4 is 10.6 Å². The van der Waals surface area contributed by atoms with E-state index in [1.54, 1.807) is 0 Å². The first-order chi connectivity index (χ1) is 4.81. The molecule has 0 saturated carbocycles. The summed E-state index contributed by atoms with van der Waals surface area (Å²) >= 11 is 0. The van der Waals surface area contributed by atoms with Crippen molar-refractivity contribution in [3.8, 4) is 0 Å². The van der Waals surface area contributed by atoms with E-state index in [0.29, 0.717) is 5.41 Å². The van der Waals surface area contributed by atoms with Gasteiger partial charge in [-0.05, 0) is 6.42 Å². The summed E-state index contributed by atoms with van der Waals surface area (Å²) in [5, 5.41) is 6.05. The van der Waals surface area contributed by atoms with Gasteiger partial charge in [0.05, 0.1) is 0 Å². The van der Waals surface area contributed by atoms with Crippen LogP contribution in [0.15, 0.2) is 0 Å². The van der Waals surface area contributed by atoms with Crippen molar-refractivity contribution in [2.45, 2.75) is 12.8 Å². The summed E-state index contributed by atoms with van der Waals surface area (Å²) in [6.07, 6.45) is 1.89. The fourth-order valence-corrected chi connectivity index (χ4v) is 1.74. The molecule has 3 heteroatoms. The lowest BCUT2D eigenvalue weighted by Gasteiger charge is -2.44. The summed E-state index contributed by atoms with van der Waals surface area (Å²) in [4.78, 5) is 10.9. The number of carbonyl (C=O) groups excluding carboxylic acids is 1. The molecule has 0 bridgehead atoms. The van der Waals surface area contributed by atoms with Crippen LogP contribution in [-0.4, -0.2) is 25.5 Å². The largest absolute Gasteiger partial charge is 0.356 e. The smallest absolute Gasteiger partial charge is 0.220 e. The van der Waals surface area contributed by atoms with Crippen LogP contribution in [-0.2, 0) is 4.79 Å². The predicted molar refractivity (Wildman–Crippen MR) is 37.5 cm³/mol. The van der Waals surface area contributed by atoms with E-state index in [9.17, 15) is 4.79 Å². The molecule has 0 aliphatic carbocycles. The first-order valence-electron chi connectivity index (χ1n) is 3.78. The normalized spacial score (nSPS) is 29.4. The van der Waals surface area contributed by atoms with Gasteiger partial charge in [-0.25, -0.2) is 0 Å². The second-order valence-electron chi connectivity index (χ2n) is 3.38. The Morgan fingerprint density at radius 1 is 1.40 bits per heavy atom. The first-order valence-corrected chi connectivity index (χ1v) is 3.78. The number of amides is 1. The summed E-state index contributed by atoms with van der Waals surface area (Å²) in [7, 11) is 0. The summed E-state index contributed by atoms with van der Waals surface area (Å²) in [6, 6.07) is 0. The number of rotatable bonds is 0. The van der Waals surface area contributed by atoms with Gasteiger partial charge >= 0.3 is 0 Å². The molecule has 0 aromatic heterocycles. The Kier molecular flexibility index (Phi) is 1.20. The van der Waals surface area contributed by atoms with Crippen LogP contribution in [0.25, 0.3) is 0 Å². The Morgan fingerprint density at radius 2 is 2.20 bits per heavy atom. The van der Waals surface area contributed by atoms with Gasteiger partial charge in [-0.1, -0.05) is 0 Å². The molecule has 2 aliphatic heterocycles. The van der Waals surface area contributed by atoms with Gasteiger partial charge in [0, 0.05) is 31.5 Å². The highest BCUT2D eigenvalue weighted by atomic mass is 16.1. The van der Waals surface area contributed by atoms with E-state index in [2.05, 4.69) is 10.6 Å². The van der Waals surface area contributed by atoms with E-state index in [-0.39, 0.29) is 5.91 Å². The van der Waals surface area contributed by atoms with Crippen molar-refractivity contribution >= 4 is 5.91 Å². The molecule has 2 heterocycles. The van der Waals surface area contributed by atoms with Gasteiger partial charge in [0.25, 0.3) is 0 Å². The van der Waals surface area contributed by atoms with E-state index in [1.807, 2.05) is 0 Å². The lowest BCUT2D eigenvalue weighted by Crippen LogP contribution is -2.58. The Morgan fingerprint density at radius 3 is 2.60 bits per heavy atom. The van der Waals surface area contributed by atoms with Gasteiger partial charge < -0.3 is 10.6 Å². The zero-order chi connectivity index (χ0) is 7.03. The van der Waals surface area contributed by atoms with E-state index in [1.165, 1.54) is 0 Å². The molecule has 2 fully saturated rings. The van der Waals surface area contributed by atoms with Crippen LogP contribution in [0.2, 0.25) is 0 Å². The monoisotopic (exact) mass is 140 g/mol. The van der Waals surface area contributed by atoms with E-state index >= 15 is 0 Å². The lowest BCUT2D eigenvalue weighted by atomic mass is 9.74. The van der Waals surface area contributed by atoms with Gasteiger partial charge in [0.15, 0.2) is 0 Å². The summed E-state index contributed by atoms with van der Waals surface area (Å²) in [5.74, 6) is 0.229. The van der Waals surface area contributed by atoms with Crippen LogP contribution in [0, 0.1) is 5.41 Å². The second-order valence-corrected chi connectivity index (χ2v) is 3.38. The molecule has 3 nitrogen and oxygen atoms in total. The maximum absolute atomic E-state index is 10.9. The predicted octanol–water partition coefficient (Wildman–Crippen LogP) is -0.514. The number of carbonyl (C=O) groups is 1. The van der Waals surface area contributed by atoms with Crippen LogP contribution in [0.5, 0.6) is 0 Å². The van der Waals surface area contributed by atoms with Crippen LogP contribution >= 0.6 is 0 Å². The lowest BCUT2D eigenvalue weighted by molar-refractivity contribution is -0.127. The van der Waals surface area contributed by atoms with Crippen molar-refractivity contribution in [1.29, 1.82) is 0 Å². The minimum atomic E-state index is 0.229. The van der Waals surface area contributed by atoms with Crippen molar-refractivity contribution in [2.24, 2.45) is 5.41 Å². The molecule has 2 saturated heterocycles. The van der Waals surface area contributed by atoms with E-state index in [4.69, 9.17) is 0 Å². The Labute approximate surface area is 60.2 Å². The fourth-order valence-electron chi connectivity index (χ4n) is 1.74. The maximum atomic E-state index is 10.9. The third kappa shape index (κ3) is 0.814. The van der Waals surface area contributed by atoms with Crippen LogP contribution in [0.1, 0.15) is 12.8 Å². The molecule has 0 aromatic carbocycles. The van der Waals surface area contributed by atoms with Gasteiger partial charge in [-0.15, -0.1) is 0 Å². The molecule has 2 rings (SSSR count).